The molecule has 0 amide bonds. The molecule has 0 spiro atoms. The Balaban J connectivity index is 0.000000292. The van der Waals surface area contributed by atoms with Gasteiger partial charge in [0.15, 0.2) is 0 Å². The zero-order valence-electron chi connectivity index (χ0n) is 21.6. The Bertz CT molecular complexity index is 1280. The van der Waals surface area contributed by atoms with Crippen molar-refractivity contribution >= 4 is 41.3 Å². The summed E-state index contributed by atoms with van der Waals surface area (Å²) in [6, 6.07) is 12.3. The van der Waals surface area contributed by atoms with Gasteiger partial charge in [0.05, 0.1) is 15.8 Å². The third kappa shape index (κ3) is 13.1. The molecule has 0 unspecified atom stereocenters. The molecule has 6 nitrogen and oxygen atoms in total. The van der Waals surface area contributed by atoms with Gasteiger partial charge in [-0.15, -0.1) is 0 Å². The lowest BCUT2D eigenvalue weighted by molar-refractivity contribution is 0.213. The van der Waals surface area contributed by atoms with Crippen LogP contribution in [0.1, 0.15) is 23.6 Å². The first kappa shape index (κ1) is 33.4. The van der Waals surface area contributed by atoms with Gasteiger partial charge in [0.1, 0.15) is 44.6 Å². The molecule has 0 radical (unpaired) electrons. The minimum absolute atomic E-state index is 0.0863. The average molecular weight is 588 g/mol. The van der Waals surface area contributed by atoms with E-state index in [1.807, 2.05) is 0 Å². The van der Waals surface area contributed by atoms with Crippen LogP contribution in [0.5, 0.6) is 0 Å². The predicted molar refractivity (Wildman–Crippen MR) is 147 cm³/mol. The minimum Gasteiger partial charge on any atom is -0.399 e. The zero-order chi connectivity index (χ0) is 29.2. The number of nitrogens with zero attached hydrogens (tertiary/aromatic N) is 3. The highest BCUT2D eigenvalue weighted by Crippen LogP contribution is 2.17. The molecular formula is C27H27Cl2F4N3O3. The first-order valence-electron chi connectivity index (χ1n) is 11.1. The summed E-state index contributed by atoms with van der Waals surface area (Å²) in [6.07, 6.45) is 3.68. The van der Waals surface area contributed by atoms with Gasteiger partial charge in [0.25, 0.3) is 0 Å². The fourth-order valence-corrected chi connectivity index (χ4v) is 3.00. The second-order valence-corrected chi connectivity index (χ2v) is 8.14. The summed E-state index contributed by atoms with van der Waals surface area (Å²) in [5.74, 6) is -1.74. The Labute approximate surface area is 234 Å². The zero-order valence-corrected chi connectivity index (χ0v) is 23.1. The maximum absolute atomic E-state index is 12.9. The van der Waals surface area contributed by atoms with E-state index in [0.29, 0.717) is 12.1 Å². The summed E-state index contributed by atoms with van der Waals surface area (Å²) in [5, 5.41) is 10.9. The van der Waals surface area contributed by atoms with Gasteiger partial charge in [-0.2, -0.15) is 0 Å². The van der Waals surface area contributed by atoms with Gasteiger partial charge in [0.2, 0.25) is 0 Å². The van der Waals surface area contributed by atoms with Crippen LogP contribution >= 0.6 is 23.2 Å². The topological polar surface area (TPSA) is 64.8 Å². The van der Waals surface area contributed by atoms with E-state index in [1.165, 1.54) is 51.8 Å². The fraction of sp³-hybridized carbons (Fsp3) is 0.222. The second-order valence-electron chi connectivity index (χ2n) is 7.32. The van der Waals surface area contributed by atoms with E-state index in [4.69, 9.17) is 23.2 Å². The normalized spacial score (nSPS) is 11.0. The van der Waals surface area contributed by atoms with E-state index in [0.717, 1.165) is 29.3 Å². The molecule has 0 atom stereocenters. The van der Waals surface area contributed by atoms with Gasteiger partial charge in [-0.3, -0.25) is 0 Å². The molecule has 0 saturated heterocycles. The smallest absolute Gasteiger partial charge is 0.142 e. The number of oxime groups is 3. The average Bonchev–Trinajstić information content (AvgIpc) is 2.91. The van der Waals surface area contributed by atoms with Crippen LogP contribution in [0.2, 0.25) is 10.0 Å². The van der Waals surface area contributed by atoms with E-state index in [2.05, 4.69) is 30.0 Å². The number of benzene rings is 3. The number of hydrogen-bond acceptors (Lipinski definition) is 6. The minimum atomic E-state index is -0.456. The van der Waals surface area contributed by atoms with Crippen molar-refractivity contribution in [1.29, 1.82) is 0 Å². The van der Waals surface area contributed by atoms with Gasteiger partial charge >= 0.3 is 0 Å². The molecule has 0 N–H and O–H groups in total. The number of hydrogen-bond donors (Lipinski definition) is 0. The summed E-state index contributed by atoms with van der Waals surface area (Å²) in [4.78, 5) is 13.4. The lowest BCUT2D eigenvalue weighted by atomic mass is 10.1. The molecular weight excluding hydrogens is 561 g/mol. The first-order chi connectivity index (χ1) is 18.6. The van der Waals surface area contributed by atoms with Gasteiger partial charge in [-0.25, -0.2) is 17.6 Å². The molecule has 0 aliphatic carbocycles. The van der Waals surface area contributed by atoms with Crippen molar-refractivity contribution in [1.82, 2.24) is 0 Å². The Morgan fingerprint density at radius 1 is 0.718 bits per heavy atom. The monoisotopic (exact) mass is 587 g/mol. The van der Waals surface area contributed by atoms with Crippen LogP contribution in [0.4, 0.5) is 17.6 Å². The van der Waals surface area contributed by atoms with Crippen LogP contribution < -0.4 is 0 Å². The van der Waals surface area contributed by atoms with Crippen molar-refractivity contribution < 1.29 is 32.1 Å². The van der Waals surface area contributed by atoms with Crippen LogP contribution in [0.25, 0.3) is 0 Å². The third-order valence-corrected chi connectivity index (χ3v) is 5.15. The summed E-state index contributed by atoms with van der Waals surface area (Å²) < 4.78 is 51.2. The highest BCUT2D eigenvalue weighted by molar-refractivity contribution is 6.31. The van der Waals surface area contributed by atoms with Crippen molar-refractivity contribution in [3.05, 3.63) is 105 Å². The largest absolute Gasteiger partial charge is 0.399 e. The van der Waals surface area contributed by atoms with Gasteiger partial charge in [-0.05, 0) is 60.5 Å². The molecule has 0 aliphatic heterocycles. The van der Waals surface area contributed by atoms with Crippen molar-refractivity contribution in [2.45, 2.75) is 19.8 Å². The molecule has 3 rings (SSSR count). The summed E-state index contributed by atoms with van der Waals surface area (Å²) in [5.41, 5.74) is 2.47. The number of halogens is 6. The summed E-state index contributed by atoms with van der Waals surface area (Å²) >= 11 is 11.1. The molecule has 0 heterocycles. The van der Waals surface area contributed by atoms with E-state index < -0.39 is 23.3 Å². The molecule has 3 aromatic carbocycles. The van der Waals surface area contributed by atoms with Gasteiger partial charge < -0.3 is 14.5 Å². The van der Waals surface area contributed by atoms with Crippen LogP contribution in [0.15, 0.2) is 70.1 Å². The molecule has 0 aromatic heterocycles. The molecule has 210 valence electrons. The Kier molecular flexibility index (Phi) is 15.9. The van der Waals surface area contributed by atoms with Crippen molar-refractivity contribution in [3.63, 3.8) is 0 Å². The second kappa shape index (κ2) is 18.6. The molecule has 0 aliphatic rings. The lowest BCUT2D eigenvalue weighted by Crippen LogP contribution is -1.95. The molecule has 39 heavy (non-hydrogen) atoms. The standard InChI is InChI=1S/2C9H9ClFNO.C9H9F2NO/c1-6(12-13-2)7-3-4-9(11)8(10)5-7;1-13-12-5-4-7-2-3-8(10)9(11)6-7;1-13-12-5-4-7-6-8(10)2-3-9(7)11/h3-5H,1-2H3;2*2-3,5-6H,4H2,1H3. The van der Waals surface area contributed by atoms with Crippen molar-refractivity contribution in [3.8, 4) is 0 Å². The van der Waals surface area contributed by atoms with Crippen LogP contribution in [0, 0.1) is 23.3 Å². The molecule has 0 fully saturated rings. The SMILES string of the molecule is CON=C(C)c1ccc(F)c(Cl)c1.CON=CCc1cc(F)ccc1F.CON=CCc1ccc(Cl)c(F)c1. The van der Waals surface area contributed by atoms with E-state index in [1.54, 1.807) is 25.3 Å². The van der Waals surface area contributed by atoms with E-state index in [9.17, 15) is 17.6 Å². The van der Waals surface area contributed by atoms with Crippen LogP contribution in [-0.4, -0.2) is 39.5 Å². The maximum atomic E-state index is 12.9. The Morgan fingerprint density at radius 2 is 1.36 bits per heavy atom. The third-order valence-electron chi connectivity index (χ3n) is 4.56. The highest BCUT2D eigenvalue weighted by Gasteiger charge is 2.03. The molecule has 0 saturated carbocycles. The van der Waals surface area contributed by atoms with Crippen LogP contribution in [0.3, 0.4) is 0 Å². The summed E-state index contributed by atoms with van der Waals surface area (Å²) in [6.45, 7) is 1.76. The van der Waals surface area contributed by atoms with Crippen molar-refractivity contribution in [2.75, 3.05) is 21.3 Å². The predicted octanol–water partition coefficient (Wildman–Crippen LogP) is 7.64. The van der Waals surface area contributed by atoms with Gasteiger partial charge in [-0.1, -0.05) is 50.8 Å². The van der Waals surface area contributed by atoms with Crippen LogP contribution in [-0.2, 0) is 27.4 Å². The maximum Gasteiger partial charge on any atom is 0.142 e. The summed E-state index contributed by atoms with van der Waals surface area (Å²) in [7, 11) is 4.30. The molecule has 12 heteroatoms. The van der Waals surface area contributed by atoms with Gasteiger partial charge in [0, 0.05) is 30.8 Å². The molecule has 0 bridgehead atoms. The lowest BCUT2D eigenvalue weighted by Gasteiger charge is -2.00. The molecule has 3 aromatic rings. The van der Waals surface area contributed by atoms with E-state index in [-0.39, 0.29) is 22.0 Å². The van der Waals surface area contributed by atoms with Crippen molar-refractivity contribution in [2.24, 2.45) is 15.5 Å². The number of rotatable bonds is 8. The quantitative estimate of drug-likeness (QED) is 0.154. The highest BCUT2D eigenvalue weighted by atomic mass is 35.5. The Morgan fingerprint density at radius 3 is 1.95 bits per heavy atom. The fourth-order valence-electron chi connectivity index (χ4n) is 2.70. The van der Waals surface area contributed by atoms with E-state index >= 15 is 0 Å². The Hall–Kier alpha value is -3.63. The first-order valence-corrected chi connectivity index (χ1v) is 11.9.